The van der Waals surface area contributed by atoms with E-state index in [4.69, 9.17) is 0 Å². The van der Waals surface area contributed by atoms with Crippen LogP contribution in [0.1, 0.15) is 6.92 Å². The minimum atomic E-state index is -0.677. The summed E-state index contributed by atoms with van der Waals surface area (Å²) < 4.78 is 0. The molecule has 1 saturated heterocycles. The van der Waals surface area contributed by atoms with Crippen LogP contribution < -0.4 is 16.8 Å². The van der Waals surface area contributed by atoms with Gasteiger partial charge in [0.05, 0.1) is 0 Å². The first-order chi connectivity index (χ1) is 7.43. The van der Waals surface area contributed by atoms with Gasteiger partial charge in [-0.25, -0.2) is 0 Å². The van der Waals surface area contributed by atoms with Gasteiger partial charge in [-0.1, -0.05) is 0 Å². The zero-order valence-electron chi connectivity index (χ0n) is 9.77. The van der Waals surface area contributed by atoms with E-state index in [2.05, 4.69) is 35.7 Å². The molecular formula is C10H20N4O2. The van der Waals surface area contributed by atoms with Gasteiger partial charge in [0.25, 0.3) is 0 Å². The van der Waals surface area contributed by atoms with Crippen LogP contribution in [0, 0.1) is 0 Å². The van der Waals surface area contributed by atoms with Crippen molar-refractivity contribution in [1.29, 1.82) is 0 Å². The van der Waals surface area contributed by atoms with Gasteiger partial charge in [-0.05, 0) is 14.0 Å². The summed E-state index contributed by atoms with van der Waals surface area (Å²) >= 11 is 0. The second-order valence-electron chi connectivity index (χ2n) is 3.67. The molecule has 92 valence electrons. The predicted molar refractivity (Wildman–Crippen MR) is 62.5 cm³/mol. The lowest BCUT2D eigenvalue weighted by molar-refractivity contribution is -0.115. The third-order valence-corrected chi connectivity index (χ3v) is 2.25. The summed E-state index contributed by atoms with van der Waals surface area (Å²) in [6, 6.07) is 0.726. The number of nitrogens with two attached hydrogens (primary N) is 2. The van der Waals surface area contributed by atoms with Crippen molar-refractivity contribution in [2.45, 2.75) is 13.0 Å². The number of piperazine rings is 1. The highest BCUT2D eigenvalue weighted by Gasteiger charge is 2.11. The summed E-state index contributed by atoms with van der Waals surface area (Å²) in [7, 11) is 2.17. The van der Waals surface area contributed by atoms with Crippen LogP contribution in [0.25, 0.3) is 0 Å². The Morgan fingerprint density at radius 3 is 2.06 bits per heavy atom. The first-order valence-corrected chi connectivity index (χ1v) is 5.11. The van der Waals surface area contributed by atoms with Crippen LogP contribution in [-0.4, -0.2) is 49.4 Å². The van der Waals surface area contributed by atoms with E-state index in [0.717, 1.165) is 31.3 Å². The van der Waals surface area contributed by atoms with Crippen LogP contribution in [0.5, 0.6) is 0 Å². The molecule has 0 bridgehead atoms. The number of likely N-dealkylation sites (N-methyl/N-ethyl adjacent to an activating group) is 1. The van der Waals surface area contributed by atoms with Gasteiger partial charge in [0.2, 0.25) is 11.8 Å². The normalized spacial score (nSPS) is 21.2. The highest BCUT2D eigenvalue weighted by molar-refractivity contribution is 5.95. The number of rotatable bonds is 2. The molecule has 1 fully saturated rings. The molecule has 1 aliphatic rings. The van der Waals surface area contributed by atoms with E-state index < -0.39 is 11.8 Å². The van der Waals surface area contributed by atoms with E-state index in [-0.39, 0.29) is 0 Å². The van der Waals surface area contributed by atoms with Crippen LogP contribution in [-0.2, 0) is 9.59 Å². The standard InChI is InChI=1S/C6H14N2.C4H6N2O2/c1-6-5-7-3-4-8(6)2;5-3(7)1-2-4(6)8/h6-7H,3-5H2,1-2H3;1-2H,(H2,5,7)(H2,6,8). The van der Waals surface area contributed by atoms with E-state index >= 15 is 0 Å². The number of carbonyl (C=O) groups is 2. The number of nitrogens with zero attached hydrogens (tertiary/aromatic N) is 1. The Morgan fingerprint density at radius 1 is 1.31 bits per heavy atom. The van der Waals surface area contributed by atoms with Crippen molar-refractivity contribution >= 4 is 11.8 Å². The first-order valence-electron chi connectivity index (χ1n) is 5.11. The summed E-state index contributed by atoms with van der Waals surface area (Å²) in [6.45, 7) is 5.74. The van der Waals surface area contributed by atoms with Crippen molar-refractivity contribution in [3.8, 4) is 0 Å². The van der Waals surface area contributed by atoms with E-state index in [1.165, 1.54) is 6.54 Å². The van der Waals surface area contributed by atoms with E-state index in [9.17, 15) is 9.59 Å². The molecule has 6 heteroatoms. The third kappa shape index (κ3) is 7.95. The lowest BCUT2D eigenvalue weighted by Gasteiger charge is -2.29. The van der Waals surface area contributed by atoms with Crippen molar-refractivity contribution in [3.05, 3.63) is 12.2 Å². The van der Waals surface area contributed by atoms with Gasteiger partial charge < -0.3 is 21.7 Å². The fourth-order valence-electron chi connectivity index (χ4n) is 1.11. The first kappa shape index (κ1) is 14.6. The largest absolute Gasteiger partial charge is 0.366 e. The molecule has 1 rings (SSSR count). The highest BCUT2D eigenvalue weighted by Crippen LogP contribution is 1.95. The second kappa shape index (κ2) is 7.84. The topological polar surface area (TPSA) is 101 Å². The zero-order valence-corrected chi connectivity index (χ0v) is 9.77. The fraction of sp³-hybridized carbons (Fsp3) is 0.600. The minimum absolute atomic E-state index is 0.677. The van der Waals surface area contributed by atoms with Crippen LogP contribution in [0.3, 0.4) is 0 Å². The second-order valence-corrected chi connectivity index (χ2v) is 3.67. The van der Waals surface area contributed by atoms with Crippen molar-refractivity contribution in [3.63, 3.8) is 0 Å². The number of primary amides is 2. The minimum Gasteiger partial charge on any atom is -0.366 e. The van der Waals surface area contributed by atoms with Crippen LogP contribution in [0.15, 0.2) is 12.2 Å². The molecule has 1 atom stereocenters. The predicted octanol–water partition coefficient (Wildman–Crippen LogP) is -1.58. The Balaban J connectivity index is 0.000000281. The monoisotopic (exact) mass is 228 g/mol. The number of nitrogens with one attached hydrogen (secondary N) is 1. The SMILES string of the molecule is CC1CNCCN1C.NC(=O)C=CC(N)=O. The molecule has 0 aromatic rings. The lowest BCUT2D eigenvalue weighted by Crippen LogP contribution is -2.47. The summed E-state index contributed by atoms with van der Waals surface area (Å²) in [5, 5.41) is 3.32. The molecule has 16 heavy (non-hydrogen) atoms. The summed E-state index contributed by atoms with van der Waals surface area (Å²) in [6.07, 6.45) is 1.81. The molecule has 0 aromatic heterocycles. The zero-order chi connectivity index (χ0) is 12.6. The molecule has 6 nitrogen and oxygen atoms in total. The maximum Gasteiger partial charge on any atom is 0.241 e. The van der Waals surface area contributed by atoms with E-state index in [0.29, 0.717) is 0 Å². The molecule has 0 saturated carbocycles. The average molecular weight is 228 g/mol. The Hall–Kier alpha value is -1.40. The van der Waals surface area contributed by atoms with Crippen LogP contribution in [0.2, 0.25) is 0 Å². The highest BCUT2D eigenvalue weighted by atomic mass is 16.1. The van der Waals surface area contributed by atoms with Crippen LogP contribution >= 0.6 is 0 Å². The molecule has 0 radical (unpaired) electrons. The maximum absolute atomic E-state index is 9.83. The van der Waals surface area contributed by atoms with Crippen LogP contribution in [0.4, 0.5) is 0 Å². The molecule has 0 aliphatic carbocycles. The summed E-state index contributed by atoms with van der Waals surface area (Å²) in [4.78, 5) is 22.0. The lowest BCUT2D eigenvalue weighted by atomic mass is 10.2. The van der Waals surface area contributed by atoms with Gasteiger partial charge in [-0.3, -0.25) is 9.59 Å². The Labute approximate surface area is 95.6 Å². The van der Waals surface area contributed by atoms with Gasteiger partial charge in [-0.2, -0.15) is 0 Å². The quantitative estimate of drug-likeness (QED) is 0.497. The van der Waals surface area contributed by atoms with Gasteiger partial charge >= 0.3 is 0 Å². The molecule has 0 spiro atoms. The van der Waals surface area contributed by atoms with Gasteiger partial charge in [0.15, 0.2) is 0 Å². The summed E-state index contributed by atoms with van der Waals surface area (Å²) in [5.74, 6) is -1.35. The Morgan fingerprint density at radius 2 is 1.81 bits per heavy atom. The van der Waals surface area contributed by atoms with Gasteiger partial charge in [-0.15, -0.1) is 0 Å². The fourth-order valence-corrected chi connectivity index (χ4v) is 1.11. The van der Waals surface area contributed by atoms with Gasteiger partial charge in [0.1, 0.15) is 0 Å². The number of carbonyl (C=O) groups excluding carboxylic acids is 2. The molecule has 1 heterocycles. The van der Waals surface area contributed by atoms with E-state index in [1.807, 2.05) is 0 Å². The molecule has 0 aromatic carbocycles. The Bertz CT molecular complexity index is 240. The van der Waals surface area contributed by atoms with Crippen molar-refractivity contribution in [1.82, 2.24) is 10.2 Å². The third-order valence-electron chi connectivity index (χ3n) is 2.25. The molecule has 5 N–H and O–H groups in total. The molecular weight excluding hydrogens is 208 g/mol. The number of hydrogen-bond donors (Lipinski definition) is 3. The number of amides is 2. The van der Waals surface area contributed by atoms with Gasteiger partial charge in [0, 0.05) is 37.8 Å². The van der Waals surface area contributed by atoms with Crippen molar-refractivity contribution < 1.29 is 9.59 Å². The molecule has 1 aliphatic heterocycles. The maximum atomic E-state index is 9.83. The van der Waals surface area contributed by atoms with Crippen molar-refractivity contribution in [2.24, 2.45) is 11.5 Å². The average Bonchev–Trinajstić information content (AvgIpc) is 2.20. The molecule has 1 unspecified atom stereocenters. The van der Waals surface area contributed by atoms with Crippen molar-refractivity contribution in [2.75, 3.05) is 26.7 Å². The number of hydrogen-bond acceptors (Lipinski definition) is 4. The summed E-state index contributed by atoms with van der Waals surface area (Å²) in [5.41, 5.74) is 9.21. The van der Waals surface area contributed by atoms with E-state index in [1.54, 1.807) is 0 Å². The Kier molecular flexibility index (Phi) is 7.15. The smallest absolute Gasteiger partial charge is 0.241 e. The molecule has 2 amide bonds.